The number of hydrogen-bond acceptors (Lipinski definition) is 3. The molecule has 21 heavy (non-hydrogen) atoms. The number of ether oxygens (including phenoxy) is 1. The van der Waals surface area contributed by atoms with Crippen LogP contribution in [-0.2, 0) is 17.8 Å². The van der Waals surface area contributed by atoms with Crippen LogP contribution in [-0.4, -0.2) is 23.5 Å². The Balaban J connectivity index is 1.94. The van der Waals surface area contributed by atoms with Gasteiger partial charge in [0.1, 0.15) is 5.82 Å². The van der Waals surface area contributed by atoms with Gasteiger partial charge in [0.05, 0.1) is 29.4 Å². The van der Waals surface area contributed by atoms with Crippen LogP contribution in [0.2, 0.25) is 10.0 Å². The van der Waals surface area contributed by atoms with E-state index in [9.17, 15) is 0 Å². The fourth-order valence-corrected chi connectivity index (χ4v) is 2.13. The Morgan fingerprint density at radius 3 is 2.86 bits per heavy atom. The van der Waals surface area contributed by atoms with Crippen molar-refractivity contribution < 1.29 is 4.74 Å². The van der Waals surface area contributed by atoms with Crippen LogP contribution in [0.5, 0.6) is 0 Å². The second-order valence-electron chi connectivity index (χ2n) is 4.43. The first-order chi connectivity index (χ1) is 10.2. The van der Waals surface area contributed by atoms with Crippen LogP contribution >= 0.6 is 23.2 Å². The molecule has 2 aromatic rings. The van der Waals surface area contributed by atoms with Gasteiger partial charge in [-0.25, -0.2) is 4.68 Å². The van der Waals surface area contributed by atoms with Crippen molar-refractivity contribution in [2.45, 2.75) is 13.1 Å². The molecule has 0 aliphatic rings. The molecule has 1 heterocycles. The summed E-state index contributed by atoms with van der Waals surface area (Å²) < 4.78 is 6.84. The first kappa shape index (κ1) is 15.9. The van der Waals surface area contributed by atoms with Gasteiger partial charge in [0.25, 0.3) is 0 Å². The van der Waals surface area contributed by atoms with Gasteiger partial charge in [-0.1, -0.05) is 41.4 Å². The Morgan fingerprint density at radius 1 is 1.24 bits per heavy atom. The zero-order valence-corrected chi connectivity index (χ0v) is 13.2. The van der Waals surface area contributed by atoms with Crippen LogP contribution in [0.25, 0.3) is 0 Å². The normalized spacial score (nSPS) is 11.2. The average Bonchev–Trinajstić information content (AvgIpc) is 2.92. The van der Waals surface area contributed by atoms with Crippen LogP contribution in [0.1, 0.15) is 5.56 Å². The largest absolute Gasteiger partial charge is 0.381 e. The number of hydrogen-bond donors (Lipinski definition) is 1. The van der Waals surface area contributed by atoms with E-state index in [0.29, 0.717) is 29.7 Å². The van der Waals surface area contributed by atoms with Crippen LogP contribution in [0, 0.1) is 0 Å². The molecule has 0 spiro atoms. The van der Waals surface area contributed by atoms with Crippen LogP contribution < -0.4 is 5.32 Å². The third-order valence-electron chi connectivity index (χ3n) is 2.88. The van der Waals surface area contributed by atoms with Crippen molar-refractivity contribution in [3.8, 4) is 0 Å². The van der Waals surface area contributed by atoms with E-state index in [2.05, 4.69) is 10.4 Å². The Morgan fingerprint density at radius 2 is 2.10 bits per heavy atom. The molecule has 1 aromatic heterocycles. The Bertz CT molecular complexity index is 611. The number of anilines is 1. The lowest BCUT2D eigenvalue weighted by molar-refractivity contribution is 0.233. The maximum Gasteiger partial charge on any atom is 0.124 e. The summed E-state index contributed by atoms with van der Waals surface area (Å²) >= 11 is 11.9. The molecule has 0 unspecified atom stereocenters. The molecule has 0 saturated heterocycles. The number of allylic oxidation sites excluding steroid dienone is 1. The molecule has 1 aromatic carbocycles. The van der Waals surface area contributed by atoms with E-state index < -0.39 is 0 Å². The highest BCUT2D eigenvalue weighted by Crippen LogP contribution is 2.23. The van der Waals surface area contributed by atoms with Gasteiger partial charge >= 0.3 is 0 Å². The summed E-state index contributed by atoms with van der Waals surface area (Å²) in [5, 5.41) is 8.73. The molecule has 0 aliphatic carbocycles. The van der Waals surface area contributed by atoms with Crippen LogP contribution in [0.3, 0.4) is 0 Å². The minimum atomic E-state index is 0.562. The van der Waals surface area contributed by atoms with Gasteiger partial charge in [-0.3, -0.25) is 0 Å². The molecule has 0 radical (unpaired) electrons. The monoisotopic (exact) mass is 325 g/mol. The molecule has 0 saturated carbocycles. The van der Waals surface area contributed by atoms with Gasteiger partial charge in [-0.05, 0) is 17.7 Å². The first-order valence-electron chi connectivity index (χ1n) is 6.54. The Labute approximate surface area is 134 Å². The Kier molecular flexibility index (Phi) is 6.11. The lowest BCUT2D eigenvalue weighted by Gasteiger charge is -2.09. The summed E-state index contributed by atoms with van der Waals surface area (Å²) in [5.41, 5.74) is 1.06. The molecule has 0 fully saturated rings. The van der Waals surface area contributed by atoms with E-state index in [-0.39, 0.29) is 0 Å². The van der Waals surface area contributed by atoms with E-state index in [1.54, 1.807) is 19.4 Å². The van der Waals surface area contributed by atoms with Gasteiger partial charge in [0, 0.05) is 19.7 Å². The molecular weight excluding hydrogens is 309 g/mol. The number of nitrogens with one attached hydrogen (secondary N) is 1. The quantitative estimate of drug-likeness (QED) is 0.782. The summed E-state index contributed by atoms with van der Waals surface area (Å²) in [5.74, 6) is 0.947. The summed E-state index contributed by atoms with van der Waals surface area (Å²) in [6.07, 6.45) is 5.74. The van der Waals surface area contributed by atoms with E-state index in [1.807, 2.05) is 35.0 Å². The average molecular weight is 326 g/mol. The highest BCUT2D eigenvalue weighted by atomic mass is 35.5. The van der Waals surface area contributed by atoms with Crippen molar-refractivity contribution >= 4 is 29.0 Å². The second-order valence-corrected chi connectivity index (χ2v) is 5.24. The number of halogens is 2. The zero-order valence-electron chi connectivity index (χ0n) is 11.7. The van der Waals surface area contributed by atoms with Crippen molar-refractivity contribution in [1.29, 1.82) is 0 Å². The predicted molar refractivity (Wildman–Crippen MR) is 87.0 cm³/mol. The van der Waals surface area contributed by atoms with Gasteiger partial charge in [-0.15, -0.1) is 0 Å². The van der Waals surface area contributed by atoms with E-state index >= 15 is 0 Å². The molecule has 4 nitrogen and oxygen atoms in total. The van der Waals surface area contributed by atoms with Crippen molar-refractivity contribution in [3.05, 3.63) is 58.2 Å². The smallest absolute Gasteiger partial charge is 0.124 e. The fraction of sp³-hybridized carbons (Fsp3) is 0.267. The van der Waals surface area contributed by atoms with Gasteiger partial charge in [0.15, 0.2) is 0 Å². The van der Waals surface area contributed by atoms with Crippen molar-refractivity contribution in [3.63, 3.8) is 0 Å². The van der Waals surface area contributed by atoms with Crippen LogP contribution in [0.4, 0.5) is 5.82 Å². The minimum Gasteiger partial charge on any atom is -0.381 e. The minimum absolute atomic E-state index is 0.562. The maximum absolute atomic E-state index is 6.01. The van der Waals surface area contributed by atoms with Gasteiger partial charge < -0.3 is 10.1 Å². The number of methoxy groups -OCH3 is 1. The number of aromatic nitrogens is 2. The SMILES string of the molecule is COCC=CCn1nccc1NCc1ccc(Cl)c(Cl)c1. The highest BCUT2D eigenvalue weighted by Gasteiger charge is 2.02. The Hall–Kier alpha value is -1.49. The predicted octanol–water partition coefficient (Wildman–Crippen LogP) is 4.00. The zero-order chi connectivity index (χ0) is 15.1. The summed E-state index contributed by atoms with van der Waals surface area (Å²) in [6, 6.07) is 7.53. The molecule has 2 rings (SSSR count). The molecule has 0 atom stereocenters. The summed E-state index contributed by atoms with van der Waals surface area (Å²) in [6.45, 7) is 1.96. The molecule has 6 heteroatoms. The molecule has 0 amide bonds. The molecule has 1 N–H and O–H groups in total. The summed E-state index contributed by atoms with van der Waals surface area (Å²) in [4.78, 5) is 0. The number of nitrogens with zero attached hydrogens (tertiary/aromatic N) is 2. The first-order valence-corrected chi connectivity index (χ1v) is 7.30. The molecule has 0 bridgehead atoms. The van der Waals surface area contributed by atoms with E-state index in [4.69, 9.17) is 27.9 Å². The van der Waals surface area contributed by atoms with E-state index in [1.165, 1.54) is 0 Å². The number of benzene rings is 1. The highest BCUT2D eigenvalue weighted by molar-refractivity contribution is 6.42. The standard InChI is InChI=1S/C15H17Cl2N3O/c1-21-9-3-2-8-20-15(6-7-19-20)18-11-12-4-5-13(16)14(17)10-12/h2-7,10,18H,8-9,11H2,1H3. The van der Waals surface area contributed by atoms with Gasteiger partial charge in [0.2, 0.25) is 0 Å². The topological polar surface area (TPSA) is 39.1 Å². The second kappa shape index (κ2) is 8.08. The molecular formula is C15H17Cl2N3O. The van der Waals surface area contributed by atoms with Crippen molar-refractivity contribution in [2.24, 2.45) is 0 Å². The fourth-order valence-electron chi connectivity index (χ4n) is 1.81. The lowest BCUT2D eigenvalue weighted by Crippen LogP contribution is -2.07. The van der Waals surface area contributed by atoms with Gasteiger partial charge in [-0.2, -0.15) is 5.10 Å². The summed E-state index contributed by atoms with van der Waals surface area (Å²) in [7, 11) is 1.67. The molecule has 112 valence electrons. The van der Waals surface area contributed by atoms with E-state index in [0.717, 1.165) is 11.4 Å². The lowest BCUT2D eigenvalue weighted by atomic mass is 10.2. The maximum atomic E-state index is 6.01. The van der Waals surface area contributed by atoms with Crippen LogP contribution in [0.15, 0.2) is 42.6 Å². The van der Waals surface area contributed by atoms with Crippen molar-refractivity contribution in [1.82, 2.24) is 9.78 Å². The number of rotatable bonds is 7. The third kappa shape index (κ3) is 4.77. The molecule has 0 aliphatic heterocycles. The van der Waals surface area contributed by atoms with Crippen molar-refractivity contribution in [2.75, 3.05) is 19.0 Å². The third-order valence-corrected chi connectivity index (χ3v) is 3.62.